The van der Waals surface area contributed by atoms with E-state index in [0.717, 1.165) is 5.56 Å². The fourth-order valence-electron chi connectivity index (χ4n) is 3.10. The van der Waals surface area contributed by atoms with E-state index in [9.17, 15) is 8.42 Å². The van der Waals surface area contributed by atoms with Crippen molar-refractivity contribution in [1.29, 1.82) is 0 Å². The summed E-state index contributed by atoms with van der Waals surface area (Å²) < 4.78 is 30.9. The first-order chi connectivity index (χ1) is 14.0. The Morgan fingerprint density at radius 2 is 1.83 bits per heavy atom. The van der Waals surface area contributed by atoms with Crippen LogP contribution in [0.2, 0.25) is 0 Å². The molecule has 11 heteroatoms. The van der Waals surface area contributed by atoms with E-state index in [2.05, 4.69) is 20.1 Å². The van der Waals surface area contributed by atoms with Crippen LogP contribution in [0.4, 0.5) is 11.6 Å². The van der Waals surface area contributed by atoms with Gasteiger partial charge in [-0.3, -0.25) is 0 Å². The molecule has 1 fully saturated rings. The number of sulfonamides is 1. The number of nitrogen functional groups attached to an aromatic ring is 1. The van der Waals surface area contributed by atoms with Crippen LogP contribution in [0, 0.1) is 0 Å². The molecule has 0 atom stereocenters. The van der Waals surface area contributed by atoms with E-state index in [0.29, 0.717) is 43.5 Å². The predicted octanol–water partition coefficient (Wildman–Crippen LogP) is 1.25. The number of aromatic nitrogens is 4. The molecule has 1 saturated heterocycles. The van der Waals surface area contributed by atoms with Gasteiger partial charge in [0.25, 0.3) is 5.89 Å². The molecule has 0 saturated carbocycles. The van der Waals surface area contributed by atoms with E-state index in [1.165, 1.54) is 4.31 Å². The van der Waals surface area contributed by atoms with E-state index in [4.69, 9.17) is 10.3 Å². The second kappa shape index (κ2) is 7.76. The normalized spacial score (nSPS) is 15.6. The zero-order valence-electron chi connectivity index (χ0n) is 15.9. The highest BCUT2D eigenvalue weighted by Gasteiger charge is 2.27. The van der Waals surface area contributed by atoms with Crippen LogP contribution in [0.3, 0.4) is 0 Å². The summed E-state index contributed by atoms with van der Waals surface area (Å²) in [4.78, 5) is 15.1. The molecule has 1 aliphatic rings. The molecule has 2 N–H and O–H groups in total. The van der Waals surface area contributed by atoms with Crippen LogP contribution in [0.5, 0.6) is 0 Å². The van der Waals surface area contributed by atoms with Crippen LogP contribution >= 0.6 is 0 Å². The minimum atomic E-state index is -3.19. The number of anilines is 2. The van der Waals surface area contributed by atoms with E-state index >= 15 is 0 Å². The molecule has 0 unspecified atom stereocenters. The maximum atomic E-state index is 12.0. The highest BCUT2D eigenvalue weighted by molar-refractivity contribution is 7.89. The van der Waals surface area contributed by atoms with Gasteiger partial charge in [-0.05, 0) is 6.92 Å². The molecule has 3 heterocycles. The summed E-state index contributed by atoms with van der Waals surface area (Å²) in [5.74, 6) is 1.49. The fourth-order valence-corrected chi connectivity index (χ4v) is 4.19. The summed E-state index contributed by atoms with van der Waals surface area (Å²) in [6.07, 6.45) is 1.57. The van der Waals surface area contributed by atoms with E-state index in [1.54, 1.807) is 13.1 Å². The second-order valence-corrected chi connectivity index (χ2v) is 8.80. The Morgan fingerprint density at radius 1 is 1.10 bits per heavy atom. The third-order valence-electron chi connectivity index (χ3n) is 4.77. The largest absolute Gasteiger partial charge is 0.382 e. The van der Waals surface area contributed by atoms with Crippen LogP contribution < -0.4 is 10.6 Å². The molecule has 0 spiro atoms. The quantitative estimate of drug-likeness (QED) is 0.654. The van der Waals surface area contributed by atoms with Crippen LogP contribution in [-0.2, 0) is 10.0 Å². The zero-order chi connectivity index (χ0) is 20.4. The van der Waals surface area contributed by atoms with Crippen LogP contribution in [0.25, 0.3) is 23.0 Å². The van der Waals surface area contributed by atoms with E-state index in [1.807, 2.05) is 35.2 Å². The van der Waals surface area contributed by atoms with Gasteiger partial charge in [0.05, 0.1) is 11.9 Å². The second-order valence-electron chi connectivity index (χ2n) is 6.54. The highest BCUT2D eigenvalue weighted by atomic mass is 32.2. The lowest BCUT2D eigenvalue weighted by Crippen LogP contribution is -2.49. The average Bonchev–Trinajstić information content (AvgIpc) is 3.25. The predicted molar refractivity (Wildman–Crippen MR) is 108 cm³/mol. The Labute approximate surface area is 168 Å². The Kier molecular flexibility index (Phi) is 5.16. The third kappa shape index (κ3) is 3.91. The van der Waals surface area contributed by atoms with Gasteiger partial charge in [0.1, 0.15) is 5.82 Å². The lowest BCUT2D eigenvalue weighted by molar-refractivity contribution is 0.384. The van der Waals surface area contributed by atoms with Crippen molar-refractivity contribution < 1.29 is 12.9 Å². The first kappa shape index (κ1) is 19.3. The molecule has 0 aliphatic carbocycles. The Balaban J connectivity index is 1.56. The molecule has 0 bridgehead atoms. The summed E-state index contributed by atoms with van der Waals surface area (Å²) >= 11 is 0. The van der Waals surface area contributed by atoms with Crippen molar-refractivity contribution in [3.8, 4) is 23.0 Å². The number of benzene rings is 1. The molecule has 29 heavy (non-hydrogen) atoms. The van der Waals surface area contributed by atoms with Gasteiger partial charge in [-0.15, -0.1) is 0 Å². The Morgan fingerprint density at radius 3 is 2.52 bits per heavy atom. The molecule has 3 aromatic rings. The molecule has 4 rings (SSSR count). The highest BCUT2D eigenvalue weighted by Crippen LogP contribution is 2.26. The summed E-state index contributed by atoms with van der Waals surface area (Å²) in [7, 11) is -3.19. The van der Waals surface area contributed by atoms with Gasteiger partial charge in [0.15, 0.2) is 11.5 Å². The van der Waals surface area contributed by atoms with Crippen molar-refractivity contribution in [1.82, 2.24) is 24.4 Å². The number of nitrogens with two attached hydrogens (primary N) is 1. The standard InChI is InChI=1S/C18H21N7O3S/c1-2-29(26,27)25-10-8-24(9-11-25)14-12-20-16(19)15(21-14)18-22-17(23-28-18)13-6-4-3-5-7-13/h3-7,12H,2,8-11H2,1H3,(H2,19,20). The average molecular weight is 415 g/mol. The van der Waals surface area contributed by atoms with Gasteiger partial charge < -0.3 is 15.2 Å². The van der Waals surface area contributed by atoms with Crippen molar-refractivity contribution >= 4 is 21.7 Å². The first-order valence-corrected chi connectivity index (χ1v) is 10.8. The molecule has 152 valence electrons. The summed E-state index contributed by atoms with van der Waals surface area (Å²) in [6.45, 7) is 3.47. The lowest BCUT2D eigenvalue weighted by atomic mass is 10.2. The van der Waals surface area contributed by atoms with E-state index < -0.39 is 10.0 Å². The van der Waals surface area contributed by atoms with Gasteiger partial charge in [0, 0.05) is 31.7 Å². The van der Waals surface area contributed by atoms with Crippen molar-refractivity contribution in [2.24, 2.45) is 0 Å². The maximum Gasteiger partial charge on any atom is 0.280 e. The minimum Gasteiger partial charge on any atom is -0.382 e. The zero-order valence-corrected chi connectivity index (χ0v) is 16.7. The number of nitrogens with zero attached hydrogens (tertiary/aromatic N) is 6. The van der Waals surface area contributed by atoms with Crippen molar-refractivity contribution in [3.63, 3.8) is 0 Å². The van der Waals surface area contributed by atoms with Crippen LogP contribution in [0.15, 0.2) is 41.1 Å². The molecule has 0 radical (unpaired) electrons. The molecular formula is C18H21N7O3S. The molecule has 1 aliphatic heterocycles. The Bertz CT molecular complexity index is 1090. The maximum absolute atomic E-state index is 12.0. The third-order valence-corrected chi connectivity index (χ3v) is 6.65. The molecule has 10 nitrogen and oxygen atoms in total. The minimum absolute atomic E-state index is 0.0970. The fraction of sp³-hybridized carbons (Fsp3) is 0.333. The summed E-state index contributed by atoms with van der Waals surface area (Å²) in [5, 5.41) is 4.00. The van der Waals surface area contributed by atoms with Crippen molar-refractivity contribution in [3.05, 3.63) is 36.5 Å². The monoisotopic (exact) mass is 415 g/mol. The van der Waals surface area contributed by atoms with Crippen LogP contribution in [0.1, 0.15) is 6.92 Å². The topological polar surface area (TPSA) is 131 Å². The molecule has 1 aromatic carbocycles. The molecule has 0 amide bonds. The van der Waals surface area contributed by atoms with Crippen molar-refractivity contribution in [2.75, 3.05) is 42.6 Å². The number of hydrogen-bond donors (Lipinski definition) is 1. The number of piperazine rings is 1. The van der Waals surface area contributed by atoms with Gasteiger partial charge in [-0.25, -0.2) is 18.4 Å². The summed E-state index contributed by atoms with van der Waals surface area (Å²) in [5.41, 5.74) is 7.11. The van der Waals surface area contributed by atoms with Crippen molar-refractivity contribution in [2.45, 2.75) is 6.92 Å². The number of rotatable bonds is 5. The molecular weight excluding hydrogens is 394 g/mol. The molecule has 2 aromatic heterocycles. The Hall–Kier alpha value is -3.05. The van der Waals surface area contributed by atoms with Crippen LogP contribution in [-0.4, -0.2) is 64.8 Å². The van der Waals surface area contributed by atoms with E-state index in [-0.39, 0.29) is 17.5 Å². The van der Waals surface area contributed by atoms with Gasteiger partial charge in [-0.2, -0.15) is 9.29 Å². The van der Waals surface area contributed by atoms with Gasteiger partial charge in [0.2, 0.25) is 15.8 Å². The first-order valence-electron chi connectivity index (χ1n) is 9.22. The number of hydrogen-bond acceptors (Lipinski definition) is 9. The van der Waals surface area contributed by atoms with Gasteiger partial charge >= 0.3 is 0 Å². The smallest absolute Gasteiger partial charge is 0.280 e. The lowest BCUT2D eigenvalue weighted by Gasteiger charge is -2.34. The summed E-state index contributed by atoms with van der Waals surface area (Å²) in [6, 6.07) is 9.44. The van der Waals surface area contributed by atoms with Gasteiger partial charge in [-0.1, -0.05) is 35.5 Å². The SMILES string of the molecule is CCS(=O)(=O)N1CCN(c2cnc(N)c(-c3nc(-c4ccccc4)no3)n2)CC1.